The first-order valence-electron chi connectivity index (χ1n) is 5.41. The smallest absolute Gasteiger partial charge is 0.251 e. The summed E-state index contributed by atoms with van der Waals surface area (Å²) in [6.07, 6.45) is 2.27. The van der Waals surface area contributed by atoms with Gasteiger partial charge in [-0.25, -0.2) is 0 Å². The third-order valence-electron chi connectivity index (χ3n) is 2.60. The van der Waals surface area contributed by atoms with Gasteiger partial charge in [0.25, 0.3) is 5.91 Å². The van der Waals surface area contributed by atoms with Gasteiger partial charge in [0.15, 0.2) is 0 Å². The largest absolute Gasteiger partial charge is 0.376 e. The Hall–Kier alpha value is -1.06. The minimum atomic E-state index is -0.0991. The van der Waals surface area contributed by atoms with Crippen LogP contribution >= 0.6 is 11.6 Å². The average molecular weight is 240 g/mol. The second-order valence-electron chi connectivity index (χ2n) is 3.86. The number of nitrogens with one attached hydrogen (secondary N) is 1. The molecular weight excluding hydrogens is 226 g/mol. The molecule has 1 aromatic rings. The molecule has 0 bridgehead atoms. The lowest BCUT2D eigenvalue weighted by atomic mass is 10.2. The molecule has 0 saturated carbocycles. The number of hydrogen-bond acceptors (Lipinski definition) is 2. The van der Waals surface area contributed by atoms with Crippen LogP contribution in [0.15, 0.2) is 24.3 Å². The molecule has 16 heavy (non-hydrogen) atoms. The van der Waals surface area contributed by atoms with Gasteiger partial charge in [-0.2, -0.15) is 0 Å². The maximum atomic E-state index is 11.7. The normalized spacial score (nSPS) is 19.7. The van der Waals surface area contributed by atoms with Crippen molar-refractivity contribution in [2.45, 2.75) is 18.9 Å². The van der Waals surface area contributed by atoms with Crippen molar-refractivity contribution in [2.75, 3.05) is 13.2 Å². The molecule has 0 radical (unpaired) electrons. The Balaban J connectivity index is 1.87. The fourth-order valence-electron chi connectivity index (χ4n) is 1.74. The van der Waals surface area contributed by atoms with E-state index < -0.39 is 0 Å². The summed E-state index contributed by atoms with van der Waals surface area (Å²) in [5.74, 6) is -0.0991. The van der Waals surface area contributed by atoms with E-state index in [1.165, 1.54) is 0 Å². The number of halogens is 1. The van der Waals surface area contributed by atoms with E-state index in [2.05, 4.69) is 5.32 Å². The van der Waals surface area contributed by atoms with Gasteiger partial charge in [-0.05, 0) is 31.0 Å². The van der Waals surface area contributed by atoms with Crippen molar-refractivity contribution in [3.8, 4) is 0 Å². The van der Waals surface area contributed by atoms with E-state index in [0.717, 1.165) is 19.4 Å². The van der Waals surface area contributed by atoms with Crippen molar-refractivity contribution in [1.82, 2.24) is 5.32 Å². The van der Waals surface area contributed by atoms with E-state index in [1.807, 2.05) is 0 Å². The third kappa shape index (κ3) is 2.97. The van der Waals surface area contributed by atoms with Crippen LogP contribution < -0.4 is 5.32 Å². The van der Waals surface area contributed by atoms with E-state index in [1.54, 1.807) is 24.3 Å². The highest BCUT2D eigenvalue weighted by Crippen LogP contribution is 2.12. The third-order valence-corrected chi connectivity index (χ3v) is 2.84. The molecule has 0 spiro atoms. The SMILES string of the molecule is O=C(NC[C@@H]1CCCO1)c1cccc(Cl)c1. The van der Waals surface area contributed by atoms with E-state index in [-0.39, 0.29) is 12.0 Å². The molecule has 0 aromatic heterocycles. The first-order valence-corrected chi connectivity index (χ1v) is 5.79. The van der Waals surface area contributed by atoms with Crippen molar-refractivity contribution in [2.24, 2.45) is 0 Å². The predicted octanol–water partition coefficient (Wildman–Crippen LogP) is 2.25. The molecule has 1 amide bonds. The van der Waals surface area contributed by atoms with Crippen molar-refractivity contribution >= 4 is 17.5 Å². The summed E-state index contributed by atoms with van der Waals surface area (Å²) < 4.78 is 5.42. The zero-order valence-electron chi connectivity index (χ0n) is 8.91. The fraction of sp³-hybridized carbons (Fsp3) is 0.417. The Morgan fingerprint density at radius 1 is 1.56 bits per heavy atom. The lowest BCUT2D eigenvalue weighted by Crippen LogP contribution is -2.31. The Bertz CT molecular complexity index is 375. The van der Waals surface area contributed by atoms with Crippen LogP contribution in [-0.4, -0.2) is 25.2 Å². The number of carbonyl (C=O) groups is 1. The number of ether oxygens (including phenoxy) is 1. The molecular formula is C12H14ClNO2. The van der Waals surface area contributed by atoms with Gasteiger partial charge in [-0.1, -0.05) is 17.7 Å². The number of carbonyl (C=O) groups excluding carboxylic acids is 1. The van der Waals surface area contributed by atoms with E-state index in [4.69, 9.17) is 16.3 Å². The maximum absolute atomic E-state index is 11.7. The molecule has 1 aliphatic rings. The topological polar surface area (TPSA) is 38.3 Å². The first-order chi connectivity index (χ1) is 7.75. The van der Waals surface area contributed by atoms with Crippen LogP contribution in [0.4, 0.5) is 0 Å². The number of hydrogen-bond donors (Lipinski definition) is 1. The minimum Gasteiger partial charge on any atom is -0.376 e. The summed E-state index contributed by atoms with van der Waals surface area (Å²) in [6.45, 7) is 1.38. The van der Waals surface area contributed by atoms with Crippen LogP contribution in [0.25, 0.3) is 0 Å². The van der Waals surface area contributed by atoms with Gasteiger partial charge < -0.3 is 10.1 Å². The highest BCUT2D eigenvalue weighted by Gasteiger charge is 2.16. The molecule has 0 unspecified atom stereocenters. The molecule has 3 nitrogen and oxygen atoms in total. The summed E-state index contributed by atoms with van der Waals surface area (Å²) in [6, 6.07) is 6.92. The van der Waals surface area contributed by atoms with Crippen LogP contribution in [0, 0.1) is 0 Å². The molecule has 1 atom stereocenters. The van der Waals surface area contributed by atoms with Gasteiger partial charge in [0, 0.05) is 23.7 Å². The highest BCUT2D eigenvalue weighted by molar-refractivity contribution is 6.30. The van der Waals surface area contributed by atoms with E-state index in [9.17, 15) is 4.79 Å². The van der Waals surface area contributed by atoms with E-state index in [0.29, 0.717) is 17.1 Å². The maximum Gasteiger partial charge on any atom is 0.251 e. The molecule has 4 heteroatoms. The molecule has 1 N–H and O–H groups in total. The Labute approximate surface area is 99.7 Å². The summed E-state index contributed by atoms with van der Waals surface area (Å²) in [5.41, 5.74) is 0.588. The standard InChI is InChI=1S/C12H14ClNO2/c13-10-4-1-3-9(7-10)12(15)14-8-11-5-2-6-16-11/h1,3-4,7,11H,2,5-6,8H2,(H,14,15)/t11-/m0/s1. The van der Waals surface area contributed by atoms with Crippen molar-refractivity contribution in [3.05, 3.63) is 34.9 Å². The molecule has 1 aliphatic heterocycles. The summed E-state index contributed by atoms with van der Waals surface area (Å²) in [5, 5.41) is 3.42. The number of rotatable bonds is 3. The lowest BCUT2D eigenvalue weighted by molar-refractivity contribution is 0.0858. The Morgan fingerprint density at radius 2 is 2.44 bits per heavy atom. The number of benzene rings is 1. The molecule has 2 rings (SSSR count). The van der Waals surface area contributed by atoms with Crippen LogP contribution in [0.5, 0.6) is 0 Å². The molecule has 1 heterocycles. The van der Waals surface area contributed by atoms with Gasteiger partial charge >= 0.3 is 0 Å². The molecule has 1 saturated heterocycles. The van der Waals surface area contributed by atoms with Crippen molar-refractivity contribution < 1.29 is 9.53 Å². The number of amides is 1. The minimum absolute atomic E-state index is 0.0991. The van der Waals surface area contributed by atoms with Crippen molar-refractivity contribution in [1.29, 1.82) is 0 Å². The molecule has 0 aliphatic carbocycles. The van der Waals surface area contributed by atoms with Gasteiger partial charge in [-0.3, -0.25) is 4.79 Å². The molecule has 86 valence electrons. The van der Waals surface area contributed by atoms with Crippen LogP contribution in [0.1, 0.15) is 23.2 Å². The summed E-state index contributed by atoms with van der Waals surface area (Å²) in [4.78, 5) is 11.7. The van der Waals surface area contributed by atoms with Crippen LogP contribution in [0.2, 0.25) is 5.02 Å². The average Bonchev–Trinajstić information content (AvgIpc) is 2.78. The Morgan fingerprint density at radius 3 is 3.12 bits per heavy atom. The Kier molecular flexibility index (Phi) is 3.80. The summed E-state index contributed by atoms with van der Waals surface area (Å²) in [7, 11) is 0. The second kappa shape index (κ2) is 5.32. The van der Waals surface area contributed by atoms with Gasteiger partial charge in [0.05, 0.1) is 6.10 Å². The quantitative estimate of drug-likeness (QED) is 0.879. The predicted molar refractivity (Wildman–Crippen MR) is 62.8 cm³/mol. The monoisotopic (exact) mass is 239 g/mol. The zero-order valence-corrected chi connectivity index (χ0v) is 9.67. The molecule has 1 fully saturated rings. The highest BCUT2D eigenvalue weighted by atomic mass is 35.5. The summed E-state index contributed by atoms with van der Waals surface area (Å²) >= 11 is 5.81. The van der Waals surface area contributed by atoms with E-state index >= 15 is 0 Å². The van der Waals surface area contributed by atoms with Gasteiger partial charge in [0.1, 0.15) is 0 Å². The van der Waals surface area contributed by atoms with Crippen LogP contribution in [0.3, 0.4) is 0 Å². The zero-order chi connectivity index (χ0) is 11.4. The van der Waals surface area contributed by atoms with Gasteiger partial charge in [0.2, 0.25) is 0 Å². The fourth-order valence-corrected chi connectivity index (χ4v) is 1.93. The lowest BCUT2D eigenvalue weighted by Gasteiger charge is -2.10. The van der Waals surface area contributed by atoms with Crippen molar-refractivity contribution in [3.63, 3.8) is 0 Å². The van der Waals surface area contributed by atoms with Gasteiger partial charge in [-0.15, -0.1) is 0 Å². The molecule has 1 aromatic carbocycles. The second-order valence-corrected chi connectivity index (χ2v) is 4.29. The first kappa shape index (κ1) is 11.4. The van der Waals surface area contributed by atoms with Crippen LogP contribution in [-0.2, 0) is 4.74 Å².